The molecule has 1 aliphatic carbocycles. The van der Waals surface area contributed by atoms with E-state index in [1.54, 1.807) is 6.07 Å². The summed E-state index contributed by atoms with van der Waals surface area (Å²) in [6.07, 6.45) is 1.86. The minimum Gasteiger partial charge on any atom is -0.489 e. The van der Waals surface area contributed by atoms with E-state index in [1.807, 2.05) is 30.3 Å². The third-order valence-electron chi connectivity index (χ3n) is 4.06. The van der Waals surface area contributed by atoms with Crippen LogP contribution in [0.4, 0.5) is 4.39 Å². The average Bonchev–Trinajstić information content (AvgIpc) is 2.55. The van der Waals surface area contributed by atoms with Gasteiger partial charge in [0.05, 0.1) is 5.92 Å². The summed E-state index contributed by atoms with van der Waals surface area (Å²) < 4.78 is 19.9. The molecule has 3 rings (SSSR count). The molecule has 1 aliphatic rings. The lowest BCUT2D eigenvalue weighted by Gasteiger charge is -2.25. The zero-order chi connectivity index (χ0) is 15.5. The highest BCUT2D eigenvalue weighted by molar-refractivity contribution is 5.77. The Labute approximate surface area is 128 Å². The van der Waals surface area contributed by atoms with Crippen molar-refractivity contribution in [1.29, 1.82) is 0 Å². The molecule has 0 radical (unpaired) electrons. The summed E-state index contributed by atoms with van der Waals surface area (Å²) in [5.41, 5.74) is 2.02. The smallest absolute Gasteiger partial charge is 0.311 e. The molecule has 0 saturated carbocycles. The molecule has 0 spiro atoms. The van der Waals surface area contributed by atoms with Crippen LogP contribution in [0.25, 0.3) is 0 Å². The molecule has 1 unspecified atom stereocenters. The van der Waals surface area contributed by atoms with Crippen molar-refractivity contribution in [3.63, 3.8) is 0 Å². The third kappa shape index (κ3) is 2.82. The van der Waals surface area contributed by atoms with Crippen LogP contribution >= 0.6 is 0 Å². The second-order valence-corrected chi connectivity index (χ2v) is 5.50. The molecule has 2 aromatic carbocycles. The standard InChI is InChI=1S/C18H17FO3/c19-15-9-10-16(22-11-12-5-2-1-3-6-12)13-7-4-8-14(17(13)15)18(20)21/h1-3,5-6,9-10,14H,4,7-8,11H2,(H,20,21). The molecule has 1 N–H and O–H groups in total. The maximum atomic E-state index is 14.1. The Morgan fingerprint density at radius 1 is 1.23 bits per heavy atom. The van der Waals surface area contributed by atoms with E-state index < -0.39 is 17.7 Å². The molecule has 4 heteroatoms. The van der Waals surface area contributed by atoms with E-state index >= 15 is 0 Å². The first-order valence-corrected chi connectivity index (χ1v) is 7.37. The fraction of sp³-hybridized carbons (Fsp3) is 0.278. The van der Waals surface area contributed by atoms with E-state index in [1.165, 1.54) is 6.07 Å². The molecule has 22 heavy (non-hydrogen) atoms. The molecule has 0 saturated heterocycles. The van der Waals surface area contributed by atoms with Crippen molar-refractivity contribution in [2.45, 2.75) is 31.8 Å². The van der Waals surface area contributed by atoms with E-state index in [0.717, 1.165) is 12.0 Å². The summed E-state index contributed by atoms with van der Waals surface area (Å²) in [7, 11) is 0. The number of carbonyl (C=O) groups is 1. The molecule has 2 aromatic rings. The zero-order valence-electron chi connectivity index (χ0n) is 12.1. The average molecular weight is 300 g/mol. The Morgan fingerprint density at radius 3 is 2.73 bits per heavy atom. The molecule has 0 amide bonds. The van der Waals surface area contributed by atoms with Crippen molar-refractivity contribution in [2.24, 2.45) is 0 Å². The highest BCUT2D eigenvalue weighted by atomic mass is 19.1. The quantitative estimate of drug-likeness (QED) is 0.931. The first-order valence-electron chi connectivity index (χ1n) is 7.37. The Kier molecular flexibility index (Phi) is 4.09. The summed E-state index contributed by atoms with van der Waals surface area (Å²) in [6, 6.07) is 12.6. The number of benzene rings is 2. The lowest BCUT2D eigenvalue weighted by atomic mass is 9.82. The van der Waals surface area contributed by atoms with Crippen LogP contribution in [0.1, 0.15) is 35.4 Å². The Hall–Kier alpha value is -2.36. The van der Waals surface area contributed by atoms with Crippen LogP contribution in [0, 0.1) is 5.82 Å². The van der Waals surface area contributed by atoms with Crippen LogP contribution in [0.2, 0.25) is 0 Å². The molecule has 0 aromatic heterocycles. The van der Waals surface area contributed by atoms with E-state index in [0.29, 0.717) is 36.3 Å². The number of carboxylic acid groups (broad SMARTS) is 1. The van der Waals surface area contributed by atoms with Crippen LogP contribution in [-0.2, 0) is 17.8 Å². The van der Waals surface area contributed by atoms with Gasteiger partial charge in [-0.3, -0.25) is 4.79 Å². The number of fused-ring (bicyclic) bond motifs is 1. The maximum Gasteiger partial charge on any atom is 0.311 e. The third-order valence-corrected chi connectivity index (χ3v) is 4.06. The number of rotatable bonds is 4. The lowest BCUT2D eigenvalue weighted by Crippen LogP contribution is -2.20. The number of halogens is 1. The molecule has 3 nitrogen and oxygen atoms in total. The summed E-state index contributed by atoms with van der Waals surface area (Å²) in [5, 5.41) is 9.30. The summed E-state index contributed by atoms with van der Waals surface area (Å²) in [5.74, 6) is -1.61. The number of carboxylic acids is 1. The van der Waals surface area contributed by atoms with Gasteiger partial charge in [0, 0.05) is 11.1 Å². The minimum atomic E-state index is -0.972. The van der Waals surface area contributed by atoms with E-state index in [4.69, 9.17) is 4.74 Å². The van der Waals surface area contributed by atoms with Gasteiger partial charge in [-0.15, -0.1) is 0 Å². The second kappa shape index (κ2) is 6.18. The fourth-order valence-electron chi connectivity index (χ4n) is 3.00. The molecular formula is C18H17FO3. The number of aliphatic carboxylic acids is 1. The van der Waals surface area contributed by atoms with Gasteiger partial charge in [-0.25, -0.2) is 4.39 Å². The van der Waals surface area contributed by atoms with Gasteiger partial charge >= 0.3 is 5.97 Å². The van der Waals surface area contributed by atoms with E-state index in [9.17, 15) is 14.3 Å². The molecule has 0 heterocycles. The van der Waals surface area contributed by atoms with Crippen LogP contribution in [-0.4, -0.2) is 11.1 Å². The van der Waals surface area contributed by atoms with Gasteiger partial charge in [0.25, 0.3) is 0 Å². The Balaban J connectivity index is 1.90. The molecule has 0 bridgehead atoms. The van der Waals surface area contributed by atoms with Gasteiger partial charge in [0.1, 0.15) is 18.2 Å². The Bertz CT molecular complexity index is 682. The molecular weight excluding hydrogens is 283 g/mol. The van der Waals surface area contributed by atoms with Gasteiger partial charge in [0.15, 0.2) is 0 Å². The van der Waals surface area contributed by atoms with Crippen molar-refractivity contribution in [1.82, 2.24) is 0 Å². The minimum absolute atomic E-state index is 0.296. The second-order valence-electron chi connectivity index (χ2n) is 5.50. The summed E-state index contributed by atoms with van der Waals surface area (Å²) in [6.45, 7) is 0.386. The molecule has 0 aliphatic heterocycles. The van der Waals surface area contributed by atoms with Crippen LogP contribution in [0.3, 0.4) is 0 Å². The Morgan fingerprint density at radius 2 is 2.00 bits per heavy atom. The SMILES string of the molecule is O=C(O)C1CCCc2c(OCc3ccccc3)ccc(F)c21. The summed E-state index contributed by atoms with van der Waals surface area (Å²) >= 11 is 0. The summed E-state index contributed by atoms with van der Waals surface area (Å²) in [4.78, 5) is 11.4. The van der Waals surface area contributed by atoms with Crippen molar-refractivity contribution in [3.8, 4) is 5.75 Å². The van der Waals surface area contributed by atoms with Crippen molar-refractivity contribution in [2.75, 3.05) is 0 Å². The highest BCUT2D eigenvalue weighted by Crippen LogP contribution is 2.38. The molecule has 0 fully saturated rings. The van der Waals surface area contributed by atoms with Crippen LogP contribution in [0.5, 0.6) is 5.75 Å². The number of hydrogen-bond acceptors (Lipinski definition) is 2. The first kappa shape index (κ1) is 14.6. The lowest BCUT2D eigenvalue weighted by molar-refractivity contribution is -0.139. The van der Waals surface area contributed by atoms with Gasteiger partial charge in [0.2, 0.25) is 0 Å². The van der Waals surface area contributed by atoms with Crippen LogP contribution < -0.4 is 4.74 Å². The highest BCUT2D eigenvalue weighted by Gasteiger charge is 2.31. The van der Waals surface area contributed by atoms with Gasteiger partial charge in [-0.1, -0.05) is 30.3 Å². The van der Waals surface area contributed by atoms with Crippen LogP contribution in [0.15, 0.2) is 42.5 Å². The largest absolute Gasteiger partial charge is 0.489 e. The van der Waals surface area contributed by atoms with Gasteiger partial charge < -0.3 is 9.84 Å². The topological polar surface area (TPSA) is 46.5 Å². The predicted octanol–water partition coefficient (Wildman–Crippen LogP) is 3.91. The van der Waals surface area contributed by atoms with Crippen molar-refractivity contribution >= 4 is 5.97 Å². The van der Waals surface area contributed by atoms with Gasteiger partial charge in [-0.05, 0) is 37.0 Å². The fourth-order valence-corrected chi connectivity index (χ4v) is 3.00. The van der Waals surface area contributed by atoms with Crippen molar-refractivity contribution in [3.05, 3.63) is 65.0 Å². The predicted molar refractivity (Wildman–Crippen MR) is 80.5 cm³/mol. The first-order chi connectivity index (χ1) is 10.7. The van der Waals surface area contributed by atoms with E-state index in [-0.39, 0.29) is 0 Å². The normalized spacial score (nSPS) is 16.9. The monoisotopic (exact) mass is 300 g/mol. The molecule has 1 atom stereocenters. The maximum absolute atomic E-state index is 14.1. The zero-order valence-corrected chi connectivity index (χ0v) is 12.1. The van der Waals surface area contributed by atoms with Gasteiger partial charge in [-0.2, -0.15) is 0 Å². The number of hydrogen-bond donors (Lipinski definition) is 1. The molecule has 114 valence electrons. The van der Waals surface area contributed by atoms with E-state index in [2.05, 4.69) is 0 Å². The van der Waals surface area contributed by atoms with Crippen molar-refractivity contribution < 1.29 is 19.0 Å². The number of ether oxygens (including phenoxy) is 1.